The fourth-order valence-corrected chi connectivity index (χ4v) is 1.73. The van der Waals surface area contributed by atoms with E-state index in [0.29, 0.717) is 0 Å². The van der Waals surface area contributed by atoms with Gasteiger partial charge in [0.15, 0.2) is 5.84 Å². The predicted molar refractivity (Wildman–Crippen MR) is 78.6 cm³/mol. The molecule has 134 valence electrons. The lowest BCUT2D eigenvalue weighted by atomic mass is 10.0. The van der Waals surface area contributed by atoms with Gasteiger partial charge in [0.1, 0.15) is 17.4 Å². The zero-order chi connectivity index (χ0) is 18.5. The maximum Gasteiger partial charge on any atom is 0.573 e. The summed E-state index contributed by atoms with van der Waals surface area (Å²) >= 11 is 0. The minimum atomic E-state index is -4.95. The van der Waals surface area contributed by atoms with Crippen LogP contribution >= 0.6 is 0 Å². The lowest BCUT2D eigenvalue weighted by molar-refractivity contribution is -0.274. The number of nitrogens with two attached hydrogens (primary N) is 1. The largest absolute Gasteiger partial charge is 0.573 e. The van der Waals surface area contributed by atoms with E-state index in [4.69, 9.17) is 15.7 Å². The molecular formula is C14H18F3N3O4. The highest BCUT2D eigenvalue weighted by molar-refractivity contribution is 5.90. The lowest BCUT2D eigenvalue weighted by Crippen LogP contribution is -2.41. The van der Waals surface area contributed by atoms with Crippen molar-refractivity contribution in [3.05, 3.63) is 29.8 Å². The van der Waals surface area contributed by atoms with Crippen molar-refractivity contribution in [3.8, 4) is 5.75 Å². The summed E-state index contributed by atoms with van der Waals surface area (Å²) in [6.07, 6.45) is -5.90. The van der Waals surface area contributed by atoms with Gasteiger partial charge in [0, 0.05) is 5.56 Å². The van der Waals surface area contributed by atoms with E-state index in [1.54, 1.807) is 20.8 Å². The molecule has 7 nitrogen and oxygen atoms in total. The van der Waals surface area contributed by atoms with E-state index >= 15 is 0 Å². The van der Waals surface area contributed by atoms with Crippen LogP contribution in [0.15, 0.2) is 29.4 Å². The number of amides is 1. The van der Waals surface area contributed by atoms with E-state index in [2.05, 4.69) is 15.2 Å². The molecule has 0 radical (unpaired) electrons. The van der Waals surface area contributed by atoms with E-state index in [9.17, 15) is 18.0 Å². The molecule has 1 aromatic carbocycles. The van der Waals surface area contributed by atoms with E-state index in [1.165, 1.54) is 18.2 Å². The Bertz CT molecular complexity index is 612. The molecule has 0 bridgehead atoms. The van der Waals surface area contributed by atoms with Gasteiger partial charge >= 0.3 is 12.5 Å². The van der Waals surface area contributed by atoms with E-state index < -0.39 is 35.7 Å². The van der Waals surface area contributed by atoms with Crippen LogP contribution in [-0.4, -0.2) is 29.1 Å². The molecule has 0 unspecified atom stereocenters. The van der Waals surface area contributed by atoms with Gasteiger partial charge < -0.3 is 25.7 Å². The zero-order valence-electron chi connectivity index (χ0n) is 13.2. The molecule has 10 heteroatoms. The van der Waals surface area contributed by atoms with Crippen molar-refractivity contribution in [2.24, 2.45) is 10.9 Å². The summed E-state index contributed by atoms with van der Waals surface area (Å²) in [5, 5.41) is 13.8. The summed E-state index contributed by atoms with van der Waals surface area (Å²) in [5.74, 6) is -1.14. The van der Waals surface area contributed by atoms with E-state index in [0.717, 1.165) is 6.07 Å². The Hall–Kier alpha value is -2.65. The number of carbonyl (C=O) groups excluding carboxylic acids is 1. The second-order valence-corrected chi connectivity index (χ2v) is 5.69. The molecular weight excluding hydrogens is 331 g/mol. The van der Waals surface area contributed by atoms with Crippen molar-refractivity contribution in [2.75, 3.05) is 0 Å². The van der Waals surface area contributed by atoms with Crippen LogP contribution in [-0.2, 0) is 4.74 Å². The van der Waals surface area contributed by atoms with Crippen molar-refractivity contribution >= 4 is 11.9 Å². The summed E-state index contributed by atoms with van der Waals surface area (Å²) in [5.41, 5.74) is 4.48. The second kappa shape index (κ2) is 7.28. The van der Waals surface area contributed by atoms with Gasteiger partial charge in [-0.3, -0.25) is 0 Å². The fraction of sp³-hybridized carbons (Fsp3) is 0.429. The molecule has 0 saturated heterocycles. The molecule has 1 rings (SSSR count). The van der Waals surface area contributed by atoms with Crippen LogP contribution in [0.4, 0.5) is 18.0 Å². The van der Waals surface area contributed by atoms with Crippen molar-refractivity contribution in [1.29, 1.82) is 0 Å². The quantitative estimate of drug-likeness (QED) is 0.335. The van der Waals surface area contributed by atoms with Crippen molar-refractivity contribution in [1.82, 2.24) is 5.32 Å². The highest BCUT2D eigenvalue weighted by Crippen LogP contribution is 2.30. The molecule has 0 aliphatic heterocycles. The molecule has 0 aliphatic carbocycles. The summed E-state index contributed by atoms with van der Waals surface area (Å²) < 4.78 is 46.4. The Balaban J connectivity index is 3.17. The molecule has 4 N–H and O–H groups in total. The van der Waals surface area contributed by atoms with Gasteiger partial charge in [0.05, 0.1) is 0 Å². The summed E-state index contributed by atoms with van der Waals surface area (Å²) in [6.45, 7) is 4.81. The number of oxime groups is 1. The van der Waals surface area contributed by atoms with Crippen LogP contribution in [0.5, 0.6) is 5.75 Å². The first-order valence-corrected chi connectivity index (χ1v) is 6.74. The summed E-state index contributed by atoms with van der Waals surface area (Å²) in [7, 11) is 0. The predicted octanol–water partition coefficient (Wildman–Crippen LogP) is 2.90. The van der Waals surface area contributed by atoms with Gasteiger partial charge in [-0.1, -0.05) is 23.4 Å². The maximum absolute atomic E-state index is 12.5. The minimum Gasteiger partial charge on any atom is -0.444 e. The maximum atomic E-state index is 12.5. The summed E-state index contributed by atoms with van der Waals surface area (Å²) in [6, 6.07) is 3.61. The Morgan fingerprint density at radius 2 is 1.88 bits per heavy atom. The summed E-state index contributed by atoms with van der Waals surface area (Å²) in [4.78, 5) is 11.9. The molecule has 24 heavy (non-hydrogen) atoms. The number of alkyl carbamates (subject to hydrolysis) is 1. The third-order valence-electron chi connectivity index (χ3n) is 2.53. The number of ether oxygens (including phenoxy) is 2. The number of hydrogen-bond donors (Lipinski definition) is 3. The number of para-hydroxylation sites is 1. The molecule has 0 saturated carbocycles. The molecule has 0 aliphatic rings. The minimum absolute atomic E-state index is 0.156. The number of alkyl halides is 3. The van der Waals surface area contributed by atoms with E-state index in [-0.39, 0.29) is 5.56 Å². The van der Waals surface area contributed by atoms with E-state index in [1.807, 2.05) is 0 Å². The highest BCUT2D eigenvalue weighted by atomic mass is 19.4. The number of carbonyl (C=O) groups is 1. The van der Waals surface area contributed by atoms with Crippen LogP contribution in [0.3, 0.4) is 0 Å². The first kappa shape index (κ1) is 19.4. The van der Waals surface area contributed by atoms with Gasteiger partial charge in [-0.15, -0.1) is 13.2 Å². The number of halogens is 3. The third-order valence-corrected chi connectivity index (χ3v) is 2.53. The van der Waals surface area contributed by atoms with Crippen LogP contribution < -0.4 is 15.8 Å². The van der Waals surface area contributed by atoms with Crippen LogP contribution in [0, 0.1) is 0 Å². The lowest BCUT2D eigenvalue weighted by Gasteiger charge is -2.24. The normalized spacial score (nSPS) is 14.0. The van der Waals surface area contributed by atoms with Crippen molar-refractivity contribution < 1.29 is 32.6 Å². The van der Waals surface area contributed by atoms with Crippen molar-refractivity contribution in [2.45, 2.75) is 38.8 Å². The SMILES string of the molecule is CC(C)(C)OC(=O)N[C@@H](/C(N)=N/O)c1ccccc1OC(F)(F)F. The van der Waals surface area contributed by atoms with Gasteiger partial charge in [-0.25, -0.2) is 4.79 Å². The van der Waals surface area contributed by atoms with Gasteiger partial charge in [0.2, 0.25) is 0 Å². The Kier molecular flexibility index (Phi) is 5.88. The Morgan fingerprint density at radius 1 is 1.29 bits per heavy atom. The smallest absolute Gasteiger partial charge is 0.444 e. The third kappa shape index (κ3) is 6.23. The number of nitrogens with one attached hydrogen (secondary N) is 1. The number of hydrogen-bond acceptors (Lipinski definition) is 5. The first-order chi connectivity index (χ1) is 10.9. The number of rotatable bonds is 4. The van der Waals surface area contributed by atoms with Crippen LogP contribution in [0.1, 0.15) is 32.4 Å². The average molecular weight is 349 g/mol. The number of benzene rings is 1. The van der Waals surface area contributed by atoms with Gasteiger partial charge in [0.25, 0.3) is 0 Å². The van der Waals surface area contributed by atoms with Gasteiger partial charge in [-0.2, -0.15) is 0 Å². The number of amidine groups is 1. The molecule has 1 aromatic rings. The van der Waals surface area contributed by atoms with Crippen molar-refractivity contribution in [3.63, 3.8) is 0 Å². The Morgan fingerprint density at radius 3 is 2.38 bits per heavy atom. The molecule has 0 spiro atoms. The number of nitrogens with zero attached hydrogens (tertiary/aromatic N) is 1. The first-order valence-electron chi connectivity index (χ1n) is 6.74. The average Bonchev–Trinajstić information content (AvgIpc) is 2.41. The van der Waals surface area contributed by atoms with Crippen LogP contribution in [0.25, 0.3) is 0 Å². The zero-order valence-corrected chi connectivity index (χ0v) is 13.2. The molecule has 1 amide bonds. The van der Waals surface area contributed by atoms with Gasteiger partial charge in [-0.05, 0) is 26.8 Å². The molecule has 0 aromatic heterocycles. The topological polar surface area (TPSA) is 106 Å². The monoisotopic (exact) mass is 349 g/mol. The Labute approximate surface area is 136 Å². The standard InChI is InChI=1S/C14H18F3N3O4/c1-13(2,3)24-12(21)19-10(11(18)20-22)8-6-4-5-7-9(8)23-14(15,16)17/h4-7,10,22H,1-3H3,(H2,18,20)(H,19,21)/t10-/m1/s1. The second-order valence-electron chi connectivity index (χ2n) is 5.69. The molecule has 1 atom stereocenters. The molecule has 0 heterocycles. The van der Waals surface area contributed by atoms with Crippen LogP contribution in [0.2, 0.25) is 0 Å². The highest BCUT2D eigenvalue weighted by Gasteiger charge is 2.34. The fourth-order valence-electron chi connectivity index (χ4n) is 1.73. The molecule has 0 fully saturated rings.